The lowest BCUT2D eigenvalue weighted by Gasteiger charge is -2.24. The third-order valence-electron chi connectivity index (χ3n) is 4.74. The van der Waals surface area contributed by atoms with E-state index in [-0.39, 0.29) is 13.0 Å². The lowest BCUT2D eigenvalue weighted by molar-refractivity contribution is -0.150. The predicted molar refractivity (Wildman–Crippen MR) is 105 cm³/mol. The third kappa shape index (κ3) is 4.53. The van der Waals surface area contributed by atoms with Gasteiger partial charge in [-0.05, 0) is 19.1 Å². The number of H-pyrrole nitrogens is 1. The first-order chi connectivity index (χ1) is 14.8. The zero-order valence-electron chi connectivity index (χ0n) is 16.6. The molecule has 0 radical (unpaired) electrons. The Kier molecular flexibility index (Phi) is 5.90. The van der Waals surface area contributed by atoms with E-state index < -0.39 is 50.2 Å². The van der Waals surface area contributed by atoms with Gasteiger partial charge in [-0.2, -0.15) is 0 Å². The largest absolute Gasteiger partial charge is 0.465 e. The quantitative estimate of drug-likeness (QED) is 0.532. The van der Waals surface area contributed by atoms with E-state index in [1.165, 1.54) is 17.7 Å². The van der Waals surface area contributed by atoms with Crippen LogP contribution in [-0.4, -0.2) is 40.3 Å². The summed E-state index contributed by atoms with van der Waals surface area (Å²) < 4.78 is 28.8. The Morgan fingerprint density at radius 1 is 1.26 bits per heavy atom. The van der Waals surface area contributed by atoms with Gasteiger partial charge in [0.1, 0.15) is 29.7 Å². The van der Waals surface area contributed by atoms with E-state index in [0.29, 0.717) is 16.9 Å². The van der Waals surface area contributed by atoms with E-state index in [9.17, 15) is 19.2 Å². The highest BCUT2D eigenvalue weighted by Crippen LogP contribution is 2.47. The fraction of sp³-hybridized carbons (Fsp3) is 0.368. The van der Waals surface area contributed by atoms with Crippen LogP contribution in [0.1, 0.15) is 35.5 Å². The van der Waals surface area contributed by atoms with Crippen molar-refractivity contribution in [2.75, 3.05) is 6.61 Å². The van der Waals surface area contributed by atoms with Crippen LogP contribution in [0.2, 0.25) is 0 Å². The summed E-state index contributed by atoms with van der Waals surface area (Å²) in [5.41, 5.74) is -0.506. The zero-order valence-corrected chi connectivity index (χ0v) is 17.5. The number of hydrogen-bond donors (Lipinski definition) is 1. The van der Waals surface area contributed by atoms with Crippen LogP contribution in [0.15, 0.2) is 40.1 Å². The summed E-state index contributed by atoms with van der Waals surface area (Å²) in [4.78, 5) is 49.6. The van der Waals surface area contributed by atoms with Gasteiger partial charge in [0.15, 0.2) is 0 Å². The smallest absolute Gasteiger partial charge is 0.460 e. The molecule has 1 aromatic carbocycles. The highest BCUT2D eigenvalue weighted by atomic mass is 31.2. The molecule has 1 fully saturated rings. The van der Waals surface area contributed by atoms with E-state index >= 15 is 0 Å². The SMILES string of the molecule is CC(=O)O[C@@H]1C[C@H](n2cc(C)c(=O)[nH]c2=O)O[C@@H]1COP1OC(=O)c2ccccc2O1. The molecule has 1 saturated heterocycles. The number of hydrogen-bond acceptors (Lipinski definition) is 9. The van der Waals surface area contributed by atoms with Gasteiger partial charge < -0.3 is 18.5 Å². The molecule has 1 unspecified atom stereocenters. The van der Waals surface area contributed by atoms with Crippen molar-refractivity contribution in [3.05, 3.63) is 62.4 Å². The molecule has 4 atom stereocenters. The van der Waals surface area contributed by atoms with Crippen molar-refractivity contribution in [2.45, 2.75) is 38.7 Å². The minimum atomic E-state index is -2.02. The minimum Gasteiger partial charge on any atom is -0.460 e. The zero-order chi connectivity index (χ0) is 22.1. The first-order valence-corrected chi connectivity index (χ1v) is 10.5. The number of carbonyl (C=O) groups excluding carboxylic acids is 2. The fourth-order valence-electron chi connectivity index (χ4n) is 3.28. The Hall–Kier alpha value is -3.01. The number of aromatic nitrogens is 2. The number of benzene rings is 1. The summed E-state index contributed by atoms with van der Waals surface area (Å²) >= 11 is 0. The third-order valence-corrected chi connectivity index (χ3v) is 5.76. The number of carbonyl (C=O) groups is 2. The molecular formula is C19H19N2O9P. The van der Waals surface area contributed by atoms with Crippen LogP contribution in [0.4, 0.5) is 0 Å². The Morgan fingerprint density at radius 3 is 2.81 bits per heavy atom. The molecule has 0 amide bonds. The van der Waals surface area contributed by atoms with Crippen LogP contribution in [0.5, 0.6) is 5.75 Å². The van der Waals surface area contributed by atoms with Crippen LogP contribution >= 0.6 is 8.60 Å². The molecule has 2 aliphatic heterocycles. The molecule has 0 bridgehead atoms. The van der Waals surface area contributed by atoms with Crippen LogP contribution < -0.4 is 15.8 Å². The number of aromatic amines is 1. The molecule has 1 N–H and O–H groups in total. The van der Waals surface area contributed by atoms with E-state index in [0.717, 1.165) is 0 Å². The number of nitrogens with one attached hydrogen (secondary N) is 1. The van der Waals surface area contributed by atoms with E-state index in [2.05, 4.69) is 4.98 Å². The number of esters is 1. The van der Waals surface area contributed by atoms with Crippen molar-refractivity contribution in [2.24, 2.45) is 0 Å². The highest BCUT2D eigenvalue weighted by Gasteiger charge is 2.41. The van der Waals surface area contributed by atoms with Gasteiger partial charge in [-0.1, -0.05) is 12.1 Å². The first-order valence-electron chi connectivity index (χ1n) is 9.39. The topological polar surface area (TPSA) is 135 Å². The van der Waals surface area contributed by atoms with Gasteiger partial charge in [0.05, 0.1) is 6.61 Å². The number of ether oxygens (including phenoxy) is 2. The maximum absolute atomic E-state index is 12.2. The standard InChI is InChI=1S/C19H19N2O9P/c1-10-8-21(19(25)20-17(10)23)16-7-14(27-11(2)22)15(28-16)9-26-31-29-13-6-4-3-5-12(13)18(24)30-31/h3-6,8,14-16H,7,9H2,1-2H3,(H,20,23,25)/t14-,15-,16-,31?/m1/s1. The molecule has 2 aliphatic rings. The van der Waals surface area contributed by atoms with E-state index in [1.54, 1.807) is 31.2 Å². The lowest BCUT2D eigenvalue weighted by atomic mass is 10.2. The monoisotopic (exact) mass is 450 g/mol. The van der Waals surface area contributed by atoms with Crippen LogP contribution in [0, 0.1) is 6.92 Å². The molecular weight excluding hydrogens is 431 g/mol. The molecule has 2 aromatic rings. The average molecular weight is 450 g/mol. The molecule has 164 valence electrons. The molecule has 31 heavy (non-hydrogen) atoms. The highest BCUT2D eigenvalue weighted by molar-refractivity contribution is 7.43. The average Bonchev–Trinajstić information content (AvgIpc) is 3.11. The minimum absolute atomic E-state index is 0.118. The maximum atomic E-state index is 12.2. The van der Waals surface area contributed by atoms with Crippen molar-refractivity contribution < 1.29 is 32.6 Å². The number of aryl methyl sites for hydroxylation is 1. The molecule has 11 nitrogen and oxygen atoms in total. The van der Waals surface area contributed by atoms with Crippen molar-refractivity contribution in [3.8, 4) is 5.75 Å². The molecule has 1 aromatic heterocycles. The number of rotatable bonds is 5. The van der Waals surface area contributed by atoms with Crippen LogP contribution in [-0.2, 0) is 23.3 Å². The number of fused-ring (bicyclic) bond motifs is 1. The van der Waals surface area contributed by atoms with E-state index in [4.69, 9.17) is 23.0 Å². The lowest BCUT2D eigenvalue weighted by Crippen LogP contribution is -2.33. The summed E-state index contributed by atoms with van der Waals surface area (Å²) in [5, 5.41) is 0. The van der Waals surface area contributed by atoms with Gasteiger partial charge >= 0.3 is 26.2 Å². The van der Waals surface area contributed by atoms with Gasteiger partial charge in [0, 0.05) is 25.1 Å². The maximum Gasteiger partial charge on any atom is 0.465 e. The van der Waals surface area contributed by atoms with Crippen molar-refractivity contribution in [1.82, 2.24) is 9.55 Å². The van der Waals surface area contributed by atoms with Crippen LogP contribution in [0.25, 0.3) is 0 Å². The predicted octanol–water partition coefficient (Wildman–Crippen LogP) is 1.56. The van der Waals surface area contributed by atoms with Gasteiger partial charge in [0.25, 0.3) is 5.56 Å². The molecule has 0 aliphatic carbocycles. The van der Waals surface area contributed by atoms with E-state index in [1.807, 2.05) is 0 Å². The molecule has 0 spiro atoms. The second-order valence-electron chi connectivity index (χ2n) is 6.98. The summed E-state index contributed by atoms with van der Waals surface area (Å²) in [7, 11) is -2.02. The Morgan fingerprint density at radius 2 is 2.03 bits per heavy atom. The second kappa shape index (κ2) is 8.62. The molecule has 0 saturated carbocycles. The van der Waals surface area contributed by atoms with Crippen molar-refractivity contribution >= 4 is 20.5 Å². The number of nitrogens with zero attached hydrogens (tertiary/aromatic N) is 1. The summed E-state index contributed by atoms with van der Waals surface area (Å²) in [6, 6.07) is 6.61. The summed E-state index contributed by atoms with van der Waals surface area (Å²) in [6.07, 6.45) is -0.711. The Balaban J connectivity index is 1.47. The summed E-state index contributed by atoms with van der Waals surface area (Å²) in [6.45, 7) is 2.70. The van der Waals surface area contributed by atoms with Gasteiger partial charge in [0.2, 0.25) is 0 Å². The summed E-state index contributed by atoms with van der Waals surface area (Å²) in [5.74, 6) is -0.740. The second-order valence-corrected chi connectivity index (χ2v) is 8.05. The first kappa shape index (κ1) is 21.2. The number of para-hydroxylation sites is 1. The molecule has 3 heterocycles. The van der Waals surface area contributed by atoms with Gasteiger partial charge in [-0.15, -0.1) is 0 Å². The Bertz CT molecular complexity index is 1130. The fourth-order valence-corrected chi connectivity index (χ4v) is 4.24. The van der Waals surface area contributed by atoms with Crippen LogP contribution in [0.3, 0.4) is 0 Å². The molecule has 12 heteroatoms. The Labute approximate surface area is 176 Å². The molecule has 4 rings (SSSR count). The van der Waals surface area contributed by atoms with Gasteiger partial charge in [-0.3, -0.25) is 23.7 Å². The van der Waals surface area contributed by atoms with Crippen molar-refractivity contribution in [1.29, 1.82) is 0 Å². The van der Waals surface area contributed by atoms with Gasteiger partial charge in [-0.25, -0.2) is 9.59 Å². The van der Waals surface area contributed by atoms with Crippen molar-refractivity contribution in [3.63, 3.8) is 0 Å². The normalized spacial score (nSPS) is 24.8.